The van der Waals surface area contributed by atoms with E-state index in [1.807, 2.05) is 0 Å². The second-order valence-electron chi connectivity index (χ2n) is 6.81. The monoisotopic (exact) mass is 531 g/mol. The molecule has 0 saturated heterocycles. The van der Waals surface area contributed by atoms with Gasteiger partial charge in [0, 0.05) is 15.1 Å². The van der Waals surface area contributed by atoms with Crippen molar-refractivity contribution in [1.82, 2.24) is 0 Å². The number of hydrogen-bond donors (Lipinski definition) is 0. The van der Waals surface area contributed by atoms with Gasteiger partial charge >= 0.3 is 5.97 Å². The van der Waals surface area contributed by atoms with Gasteiger partial charge in [-0.15, -0.1) is 0 Å². The lowest BCUT2D eigenvalue weighted by molar-refractivity contribution is 0.0474. The predicted molar refractivity (Wildman–Crippen MR) is 123 cm³/mol. The summed E-state index contributed by atoms with van der Waals surface area (Å²) in [7, 11) is 0. The average Bonchev–Trinajstić information content (AvgIpc) is 3.03. The van der Waals surface area contributed by atoms with Crippen LogP contribution in [0.3, 0.4) is 0 Å². The smallest absolute Gasteiger partial charge is 0.338 e. The second-order valence-corrected chi connectivity index (χ2v) is 8.57. The second kappa shape index (κ2) is 8.86. The highest BCUT2D eigenvalue weighted by molar-refractivity contribution is 9.10. The van der Waals surface area contributed by atoms with Gasteiger partial charge in [0.05, 0.1) is 27.4 Å². The van der Waals surface area contributed by atoms with E-state index in [-0.39, 0.29) is 33.2 Å². The fourth-order valence-electron chi connectivity index (χ4n) is 3.18. The highest BCUT2D eigenvalue weighted by Crippen LogP contribution is 2.35. The van der Waals surface area contributed by atoms with Crippen LogP contribution in [0.5, 0.6) is 0 Å². The minimum Gasteiger partial charge on any atom is -0.454 e. The summed E-state index contributed by atoms with van der Waals surface area (Å²) >= 11 is 15.4. The van der Waals surface area contributed by atoms with Gasteiger partial charge in [-0.25, -0.2) is 9.69 Å². The van der Waals surface area contributed by atoms with Gasteiger partial charge in [-0.05, 0) is 48.5 Å². The van der Waals surface area contributed by atoms with E-state index in [0.717, 1.165) is 9.37 Å². The molecule has 9 heteroatoms. The van der Waals surface area contributed by atoms with Crippen molar-refractivity contribution in [2.45, 2.75) is 0 Å². The zero-order valence-electron chi connectivity index (χ0n) is 16.1. The molecule has 1 aliphatic rings. The zero-order chi connectivity index (χ0) is 23.0. The van der Waals surface area contributed by atoms with Crippen molar-refractivity contribution in [2.24, 2.45) is 0 Å². The number of ketones is 1. The molecule has 160 valence electrons. The lowest BCUT2D eigenvalue weighted by atomic mass is 10.1. The fourth-order valence-corrected chi connectivity index (χ4v) is 3.81. The van der Waals surface area contributed by atoms with Crippen LogP contribution in [-0.2, 0) is 4.74 Å². The first kappa shape index (κ1) is 22.2. The van der Waals surface area contributed by atoms with Gasteiger partial charge in [0.25, 0.3) is 11.8 Å². The van der Waals surface area contributed by atoms with E-state index in [2.05, 4.69) is 15.9 Å². The number of esters is 1. The standard InChI is InChI=1S/C23H12BrCl2NO5/c24-14-4-1-12(2-5-14)20(28)11-32-23(31)13-3-7-16-17(9-13)22(30)27(21(16)29)19-10-15(25)6-8-18(19)26/h1-10H,11H2. The van der Waals surface area contributed by atoms with Crippen molar-refractivity contribution in [2.75, 3.05) is 11.5 Å². The Morgan fingerprint density at radius 3 is 2.22 bits per heavy atom. The third-order valence-electron chi connectivity index (χ3n) is 4.77. The Labute approximate surface area is 200 Å². The van der Waals surface area contributed by atoms with Crippen LogP contribution in [0.2, 0.25) is 10.0 Å². The zero-order valence-corrected chi connectivity index (χ0v) is 19.2. The number of nitrogens with zero attached hydrogens (tertiary/aromatic N) is 1. The summed E-state index contributed by atoms with van der Waals surface area (Å²) in [6.07, 6.45) is 0. The Morgan fingerprint density at radius 2 is 1.50 bits per heavy atom. The minimum atomic E-state index is -0.794. The van der Waals surface area contributed by atoms with E-state index in [4.69, 9.17) is 27.9 Å². The molecule has 0 N–H and O–H groups in total. The topological polar surface area (TPSA) is 80.8 Å². The minimum absolute atomic E-state index is 0.0275. The van der Waals surface area contributed by atoms with E-state index in [1.54, 1.807) is 24.3 Å². The molecule has 0 unspecified atom stereocenters. The van der Waals surface area contributed by atoms with Crippen LogP contribution in [0.4, 0.5) is 5.69 Å². The van der Waals surface area contributed by atoms with Crippen molar-refractivity contribution in [1.29, 1.82) is 0 Å². The number of hydrogen-bond acceptors (Lipinski definition) is 5. The van der Waals surface area contributed by atoms with Gasteiger partial charge in [0.2, 0.25) is 0 Å². The molecule has 0 aliphatic carbocycles. The third kappa shape index (κ3) is 4.19. The Bertz CT molecular complexity index is 1290. The molecule has 1 heterocycles. The van der Waals surface area contributed by atoms with Gasteiger partial charge in [-0.1, -0.05) is 51.3 Å². The molecule has 3 aromatic carbocycles. The van der Waals surface area contributed by atoms with Crippen LogP contribution in [0.25, 0.3) is 0 Å². The summed E-state index contributed by atoms with van der Waals surface area (Å²) in [6, 6.07) is 15.0. The number of rotatable bonds is 5. The number of ether oxygens (including phenoxy) is 1. The number of benzene rings is 3. The lowest BCUT2D eigenvalue weighted by Gasteiger charge is -2.15. The molecule has 0 aromatic heterocycles. The quantitative estimate of drug-likeness (QED) is 0.243. The Morgan fingerprint density at radius 1 is 0.844 bits per heavy atom. The predicted octanol–water partition coefficient (Wildman–Crippen LogP) is 5.60. The van der Waals surface area contributed by atoms with Gasteiger partial charge in [0.1, 0.15) is 0 Å². The van der Waals surface area contributed by atoms with Crippen LogP contribution >= 0.6 is 39.1 Å². The first-order valence-corrected chi connectivity index (χ1v) is 10.7. The van der Waals surface area contributed by atoms with E-state index in [9.17, 15) is 19.2 Å². The number of halogens is 3. The number of carbonyl (C=O) groups excluding carboxylic acids is 4. The molecular formula is C23H12BrCl2NO5. The first-order valence-electron chi connectivity index (χ1n) is 9.20. The molecular weight excluding hydrogens is 521 g/mol. The van der Waals surface area contributed by atoms with Crippen molar-refractivity contribution in [3.63, 3.8) is 0 Å². The third-order valence-corrected chi connectivity index (χ3v) is 5.86. The van der Waals surface area contributed by atoms with Crippen molar-refractivity contribution in [3.8, 4) is 0 Å². The highest BCUT2D eigenvalue weighted by atomic mass is 79.9. The van der Waals surface area contributed by atoms with Crippen molar-refractivity contribution >= 4 is 68.4 Å². The molecule has 0 radical (unpaired) electrons. The Kier molecular flexibility index (Phi) is 6.15. The first-order chi connectivity index (χ1) is 15.3. The maximum absolute atomic E-state index is 12.9. The van der Waals surface area contributed by atoms with E-state index >= 15 is 0 Å². The molecule has 4 rings (SSSR count). The Balaban J connectivity index is 1.53. The number of Topliss-reactive ketones (excluding diaryl/α,β-unsaturated/α-hetero) is 1. The molecule has 32 heavy (non-hydrogen) atoms. The van der Waals surface area contributed by atoms with Crippen LogP contribution in [0, 0.1) is 0 Å². The summed E-state index contributed by atoms with van der Waals surface area (Å²) in [5.41, 5.74) is 0.722. The molecule has 3 aromatic rings. The van der Waals surface area contributed by atoms with Crippen molar-refractivity contribution < 1.29 is 23.9 Å². The fraction of sp³-hybridized carbons (Fsp3) is 0.0435. The highest BCUT2D eigenvalue weighted by Gasteiger charge is 2.38. The number of imide groups is 1. The van der Waals surface area contributed by atoms with E-state index in [0.29, 0.717) is 10.6 Å². The Hall–Kier alpha value is -3.00. The van der Waals surface area contributed by atoms with Crippen molar-refractivity contribution in [3.05, 3.63) is 97.4 Å². The summed E-state index contributed by atoms with van der Waals surface area (Å²) in [6.45, 7) is -0.464. The maximum atomic E-state index is 12.9. The van der Waals surface area contributed by atoms with Gasteiger partial charge in [-0.3, -0.25) is 14.4 Å². The number of fused-ring (bicyclic) bond motifs is 1. The van der Waals surface area contributed by atoms with Gasteiger partial charge in [0.15, 0.2) is 12.4 Å². The molecule has 0 spiro atoms. The number of carbonyl (C=O) groups is 4. The molecule has 2 amide bonds. The van der Waals surface area contributed by atoms with Gasteiger partial charge < -0.3 is 4.74 Å². The molecule has 0 fully saturated rings. The molecule has 0 bridgehead atoms. The van der Waals surface area contributed by atoms with E-state index < -0.39 is 24.4 Å². The van der Waals surface area contributed by atoms with Crippen LogP contribution < -0.4 is 4.90 Å². The summed E-state index contributed by atoms with van der Waals surface area (Å²) in [4.78, 5) is 51.3. The molecule has 0 atom stereocenters. The number of amides is 2. The summed E-state index contributed by atoms with van der Waals surface area (Å²) < 4.78 is 5.91. The SMILES string of the molecule is O=C(COC(=O)c1ccc2c(c1)C(=O)N(c1cc(Cl)ccc1Cl)C2=O)c1ccc(Br)cc1. The molecule has 6 nitrogen and oxygen atoms in total. The number of anilines is 1. The van der Waals surface area contributed by atoms with Gasteiger partial charge in [-0.2, -0.15) is 0 Å². The summed E-state index contributed by atoms with van der Waals surface area (Å²) in [5.74, 6) is -2.40. The van der Waals surface area contributed by atoms with Crippen LogP contribution in [-0.4, -0.2) is 30.2 Å². The maximum Gasteiger partial charge on any atom is 0.338 e. The normalized spacial score (nSPS) is 12.7. The lowest BCUT2D eigenvalue weighted by Crippen LogP contribution is -2.29. The van der Waals surface area contributed by atoms with Crippen LogP contribution in [0.15, 0.2) is 65.1 Å². The average molecular weight is 533 g/mol. The molecule has 0 saturated carbocycles. The van der Waals surface area contributed by atoms with Crippen LogP contribution in [0.1, 0.15) is 41.4 Å². The molecule has 1 aliphatic heterocycles. The largest absolute Gasteiger partial charge is 0.454 e. The summed E-state index contributed by atoms with van der Waals surface area (Å²) in [5, 5.41) is 0.482. The van der Waals surface area contributed by atoms with E-state index in [1.165, 1.54) is 36.4 Å².